The van der Waals surface area contributed by atoms with Gasteiger partial charge in [-0.1, -0.05) is 23.4 Å². The monoisotopic (exact) mass is 310 g/mol. The third-order valence-corrected chi connectivity index (χ3v) is 3.66. The zero-order valence-electron chi connectivity index (χ0n) is 9.82. The van der Waals surface area contributed by atoms with Crippen molar-refractivity contribution in [3.05, 3.63) is 57.2 Å². The Hall–Kier alpha value is -2.12. The van der Waals surface area contributed by atoms with E-state index in [1.807, 2.05) is 0 Å². The van der Waals surface area contributed by atoms with Crippen molar-refractivity contribution in [2.24, 2.45) is 0 Å². The van der Waals surface area contributed by atoms with Crippen molar-refractivity contribution in [2.75, 3.05) is 0 Å². The topological polar surface area (TPSA) is 93.3 Å². The Kier molecular flexibility index (Phi) is 4.21. The summed E-state index contributed by atoms with van der Waals surface area (Å²) >= 11 is 6.77. The van der Waals surface area contributed by atoms with Gasteiger partial charge in [0.25, 0.3) is 0 Å². The highest BCUT2D eigenvalue weighted by atomic mass is 35.5. The van der Waals surface area contributed by atoms with Crippen LogP contribution in [-0.4, -0.2) is 21.0 Å². The second-order valence-electron chi connectivity index (χ2n) is 3.63. The summed E-state index contributed by atoms with van der Waals surface area (Å²) in [5.74, 6) is -1.16. The zero-order chi connectivity index (χ0) is 14.7. The number of hydrogen-bond donors (Lipinski definition) is 1. The Morgan fingerprint density at radius 2 is 2.15 bits per heavy atom. The van der Waals surface area contributed by atoms with Gasteiger partial charge in [0.2, 0.25) is 0 Å². The summed E-state index contributed by atoms with van der Waals surface area (Å²) in [5.41, 5.74) is -0.195. The summed E-state index contributed by atoms with van der Waals surface area (Å²) in [6, 6.07) is 7.17. The van der Waals surface area contributed by atoms with Crippen LogP contribution < -0.4 is 0 Å². The van der Waals surface area contributed by atoms with Crippen molar-refractivity contribution in [1.29, 1.82) is 0 Å². The highest BCUT2D eigenvalue weighted by Crippen LogP contribution is 2.34. The highest BCUT2D eigenvalue weighted by Gasteiger charge is 2.17. The van der Waals surface area contributed by atoms with Crippen molar-refractivity contribution in [3.63, 3.8) is 0 Å². The maximum atomic E-state index is 11.0. The van der Waals surface area contributed by atoms with Gasteiger partial charge < -0.3 is 5.11 Å². The van der Waals surface area contributed by atoms with Gasteiger partial charge in [-0.2, -0.15) is 0 Å². The molecule has 0 aliphatic heterocycles. The molecule has 0 unspecified atom stereocenters. The molecule has 0 aliphatic carbocycles. The fourth-order valence-corrected chi connectivity index (χ4v) is 2.54. The van der Waals surface area contributed by atoms with Crippen LogP contribution in [0.1, 0.15) is 10.4 Å². The van der Waals surface area contributed by atoms with E-state index in [0.29, 0.717) is 4.90 Å². The van der Waals surface area contributed by atoms with E-state index in [-0.39, 0.29) is 21.3 Å². The molecule has 0 radical (unpaired) electrons. The molecular formula is C12H7ClN2O4S. The summed E-state index contributed by atoms with van der Waals surface area (Å²) < 4.78 is 0. The van der Waals surface area contributed by atoms with Crippen molar-refractivity contribution in [2.45, 2.75) is 9.92 Å². The molecule has 0 spiro atoms. The molecule has 1 N–H and O–H groups in total. The lowest BCUT2D eigenvalue weighted by atomic mass is 10.2. The Labute approximate surface area is 122 Å². The van der Waals surface area contributed by atoms with Crippen LogP contribution in [0.15, 0.2) is 46.5 Å². The number of halogens is 1. The van der Waals surface area contributed by atoms with Crippen LogP contribution in [0, 0.1) is 10.1 Å². The summed E-state index contributed by atoms with van der Waals surface area (Å²) in [5, 5.41) is 20.2. The number of carboxylic acids is 1. The summed E-state index contributed by atoms with van der Waals surface area (Å²) in [6.45, 7) is 0. The second kappa shape index (κ2) is 5.89. The minimum absolute atomic E-state index is 0.0600. The lowest BCUT2D eigenvalue weighted by Gasteiger charge is -2.04. The van der Waals surface area contributed by atoms with Crippen molar-refractivity contribution in [1.82, 2.24) is 4.98 Å². The lowest BCUT2D eigenvalue weighted by molar-refractivity contribution is -0.388. The fourth-order valence-electron chi connectivity index (χ4n) is 1.44. The van der Waals surface area contributed by atoms with Crippen LogP contribution in [-0.2, 0) is 0 Å². The molecule has 1 aromatic heterocycles. The molecule has 2 aromatic rings. The Balaban J connectivity index is 2.38. The van der Waals surface area contributed by atoms with E-state index in [0.717, 1.165) is 11.8 Å². The number of carbonyl (C=O) groups is 1. The molecular weight excluding hydrogens is 304 g/mol. The van der Waals surface area contributed by atoms with Crippen LogP contribution in [0.3, 0.4) is 0 Å². The predicted octanol–water partition coefficient (Wildman–Crippen LogP) is 3.49. The quantitative estimate of drug-likeness (QED) is 0.686. The van der Waals surface area contributed by atoms with Gasteiger partial charge in [-0.25, -0.2) is 9.78 Å². The molecule has 0 amide bonds. The second-order valence-corrected chi connectivity index (χ2v) is 5.10. The van der Waals surface area contributed by atoms with Crippen molar-refractivity contribution >= 4 is 35.0 Å². The molecule has 8 heteroatoms. The summed E-state index contributed by atoms with van der Waals surface area (Å²) in [7, 11) is 0. The molecule has 1 aromatic carbocycles. The average molecular weight is 311 g/mol. The van der Waals surface area contributed by atoms with Crippen LogP contribution >= 0.6 is 23.4 Å². The lowest BCUT2D eigenvalue weighted by Crippen LogP contribution is -1.97. The first-order valence-corrected chi connectivity index (χ1v) is 6.48. The smallest absolute Gasteiger partial charge is 0.337 e. The Morgan fingerprint density at radius 1 is 1.40 bits per heavy atom. The average Bonchev–Trinajstić information content (AvgIpc) is 2.41. The van der Waals surface area contributed by atoms with E-state index in [1.165, 1.54) is 30.5 Å². The molecule has 0 atom stereocenters. The van der Waals surface area contributed by atoms with Crippen LogP contribution in [0.5, 0.6) is 0 Å². The van der Waals surface area contributed by atoms with E-state index >= 15 is 0 Å². The Morgan fingerprint density at radius 3 is 2.80 bits per heavy atom. The number of aromatic carboxylic acids is 1. The number of carboxylic acid groups (broad SMARTS) is 1. The first-order chi connectivity index (χ1) is 9.49. The molecule has 102 valence electrons. The number of pyridine rings is 1. The largest absolute Gasteiger partial charge is 0.478 e. The van der Waals surface area contributed by atoms with Gasteiger partial charge in [-0.15, -0.1) is 0 Å². The van der Waals surface area contributed by atoms with Gasteiger partial charge >= 0.3 is 11.7 Å². The number of aromatic nitrogens is 1. The molecule has 0 aliphatic rings. The van der Waals surface area contributed by atoms with Crippen molar-refractivity contribution < 1.29 is 14.8 Å². The summed E-state index contributed by atoms with van der Waals surface area (Å²) in [6.07, 6.45) is 1.43. The first kappa shape index (κ1) is 14.3. The molecule has 0 saturated carbocycles. The van der Waals surface area contributed by atoms with Crippen LogP contribution in [0.4, 0.5) is 5.69 Å². The normalized spacial score (nSPS) is 10.2. The van der Waals surface area contributed by atoms with Crippen LogP contribution in [0.25, 0.3) is 0 Å². The molecule has 0 saturated heterocycles. The molecule has 1 heterocycles. The maximum absolute atomic E-state index is 11.0. The Bertz CT molecular complexity index is 693. The molecule has 0 bridgehead atoms. The van der Waals surface area contributed by atoms with E-state index in [1.54, 1.807) is 6.07 Å². The van der Waals surface area contributed by atoms with E-state index < -0.39 is 10.9 Å². The third kappa shape index (κ3) is 3.06. The van der Waals surface area contributed by atoms with Gasteiger partial charge in [-0.3, -0.25) is 10.1 Å². The van der Waals surface area contributed by atoms with Gasteiger partial charge in [-0.05, 0) is 24.3 Å². The maximum Gasteiger partial charge on any atom is 0.337 e. The minimum atomic E-state index is -1.16. The molecule has 6 nitrogen and oxygen atoms in total. The minimum Gasteiger partial charge on any atom is -0.478 e. The standard InChI is InChI=1S/C12H7ClN2O4S/c13-9-4-3-7(6-8(9)12(16)17)20-11-10(15(18)19)2-1-5-14-11/h1-6H,(H,16,17). The number of benzene rings is 1. The predicted molar refractivity (Wildman–Crippen MR) is 73.4 cm³/mol. The zero-order valence-corrected chi connectivity index (χ0v) is 11.4. The van der Waals surface area contributed by atoms with E-state index in [4.69, 9.17) is 16.7 Å². The number of hydrogen-bond acceptors (Lipinski definition) is 5. The summed E-state index contributed by atoms with van der Waals surface area (Å²) in [4.78, 5) is 25.8. The highest BCUT2D eigenvalue weighted by molar-refractivity contribution is 7.99. The molecule has 0 fully saturated rings. The first-order valence-electron chi connectivity index (χ1n) is 5.29. The van der Waals surface area contributed by atoms with Gasteiger partial charge in [0.1, 0.15) is 0 Å². The van der Waals surface area contributed by atoms with Crippen molar-refractivity contribution in [3.8, 4) is 0 Å². The number of nitro groups is 1. The number of rotatable bonds is 4. The van der Waals surface area contributed by atoms with E-state index in [9.17, 15) is 14.9 Å². The van der Waals surface area contributed by atoms with E-state index in [2.05, 4.69) is 4.98 Å². The molecule has 20 heavy (non-hydrogen) atoms. The van der Waals surface area contributed by atoms with Crippen LogP contribution in [0.2, 0.25) is 5.02 Å². The third-order valence-electron chi connectivity index (χ3n) is 2.33. The molecule has 2 rings (SSSR count). The van der Waals surface area contributed by atoms with Gasteiger partial charge in [0.05, 0.1) is 15.5 Å². The number of nitrogens with zero attached hydrogens (tertiary/aromatic N) is 2. The van der Waals surface area contributed by atoms with Gasteiger partial charge in [0, 0.05) is 17.2 Å². The van der Waals surface area contributed by atoms with Gasteiger partial charge in [0.15, 0.2) is 5.03 Å². The SMILES string of the molecule is O=C(O)c1cc(Sc2ncccc2[N+](=O)[O-])ccc1Cl. The fraction of sp³-hybridized carbons (Fsp3) is 0.